The highest BCUT2D eigenvalue weighted by atomic mass is 16.6. The summed E-state index contributed by atoms with van der Waals surface area (Å²) in [5.74, 6) is 0.453. The van der Waals surface area contributed by atoms with Crippen LogP contribution in [0.15, 0.2) is 48.7 Å². The Hall–Kier alpha value is -3.88. The Bertz CT molecular complexity index is 1290. The van der Waals surface area contributed by atoms with Crippen LogP contribution in [-0.2, 0) is 11.2 Å². The number of rotatable bonds is 5. The van der Waals surface area contributed by atoms with Gasteiger partial charge in [0.05, 0.1) is 22.6 Å². The fourth-order valence-electron chi connectivity index (χ4n) is 5.22. The van der Waals surface area contributed by atoms with Gasteiger partial charge in [-0.25, -0.2) is 0 Å². The number of aromatic amines is 1. The molecule has 5 rings (SSSR count). The van der Waals surface area contributed by atoms with Crippen LogP contribution in [0.1, 0.15) is 35.7 Å². The third kappa shape index (κ3) is 4.78. The Balaban J connectivity index is 1.27. The molecule has 0 bridgehead atoms. The fourth-order valence-corrected chi connectivity index (χ4v) is 5.22. The predicted molar refractivity (Wildman–Crippen MR) is 138 cm³/mol. The van der Waals surface area contributed by atoms with Gasteiger partial charge in [0.25, 0.3) is 11.6 Å². The van der Waals surface area contributed by atoms with Crippen molar-refractivity contribution >= 4 is 34.1 Å². The van der Waals surface area contributed by atoms with Crippen molar-refractivity contribution in [3.63, 3.8) is 0 Å². The number of fused-ring (bicyclic) bond motifs is 1. The Morgan fingerprint density at radius 3 is 2.42 bits per heavy atom. The lowest BCUT2D eigenvalue weighted by Gasteiger charge is -2.37. The third-order valence-corrected chi connectivity index (χ3v) is 7.48. The standard InChI is InChI=1S/C27H31N5O4/c1-19-8-10-29(11-9-19)25-7-6-21(32(35)36)17-23(25)27(34)31-14-12-30(13-15-31)26(33)16-20-18-28-24-5-3-2-4-22(20)24/h2-7,17-19,28H,8-16H2,1H3. The summed E-state index contributed by atoms with van der Waals surface area (Å²) in [7, 11) is 0. The number of carbonyl (C=O) groups excluding carboxylic acids is 2. The second-order valence-electron chi connectivity index (χ2n) is 9.84. The molecule has 3 aromatic rings. The molecule has 2 aromatic carbocycles. The number of nitrogens with one attached hydrogen (secondary N) is 1. The number of nitrogens with zero attached hydrogens (tertiary/aromatic N) is 4. The number of hydrogen-bond acceptors (Lipinski definition) is 5. The highest BCUT2D eigenvalue weighted by molar-refractivity contribution is 6.00. The zero-order valence-corrected chi connectivity index (χ0v) is 20.5. The largest absolute Gasteiger partial charge is 0.371 e. The highest BCUT2D eigenvalue weighted by Crippen LogP contribution is 2.30. The average molecular weight is 490 g/mol. The minimum Gasteiger partial charge on any atom is -0.371 e. The molecule has 188 valence electrons. The Morgan fingerprint density at radius 2 is 1.69 bits per heavy atom. The van der Waals surface area contributed by atoms with Gasteiger partial charge in [-0.3, -0.25) is 19.7 Å². The number of aromatic nitrogens is 1. The van der Waals surface area contributed by atoms with Gasteiger partial charge in [-0.15, -0.1) is 0 Å². The van der Waals surface area contributed by atoms with Crippen LogP contribution < -0.4 is 4.90 Å². The maximum Gasteiger partial charge on any atom is 0.270 e. The summed E-state index contributed by atoms with van der Waals surface area (Å²) in [6, 6.07) is 12.5. The first kappa shape index (κ1) is 23.8. The lowest BCUT2D eigenvalue weighted by Crippen LogP contribution is -2.51. The molecule has 9 nitrogen and oxygen atoms in total. The number of nitro groups is 1. The van der Waals surface area contributed by atoms with E-state index in [-0.39, 0.29) is 17.5 Å². The van der Waals surface area contributed by atoms with E-state index < -0.39 is 4.92 Å². The van der Waals surface area contributed by atoms with E-state index in [1.165, 1.54) is 12.1 Å². The topological polar surface area (TPSA) is 103 Å². The van der Waals surface area contributed by atoms with Gasteiger partial charge in [0, 0.05) is 68.5 Å². The molecule has 0 spiro atoms. The van der Waals surface area contributed by atoms with E-state index in [2.05, 4.69) is 16.8 Å². The van der Waals surface area contributed by atoms with Crippen molar-refractivity contribution in [3.8, 4) is 0 Å². The van der Waals surface area contributed by atoms with Crippen LogP contribution in [0.2, 0.25) is 0 Å². The number of anilines is 1. The molecule has 2 amide bonds. The fraction of sp³-hybridized carbons (Fsp3) is 0.407. The van der Waals surface area contributed by atoms with E-state index in [4.69, 9.17) is 0 Å². The first-order valence-corrected chi connectivity index (χ1v) is 12.6. The molecule has 1 N–H and O–H groups in total. The summed E-state index contributed by atoms with van der Waals surface area (Å²) in [4.78, 5) is 46.4. The van der Waals surface area contributed by atoms with E-state index >= 15 is 0 Å². The molecule has 0 radical (unpaired) electrons. The summed E-state index contributed by atoms with van der Waals surface area (Å²) in [6.45, 7) is 5.56. The second kappa shape index (κ2) is 10.0. The molecule has 2 aliphatic rings. The van der Waals surface area contributed by atoms with Gasteiger partial charge in [0.1, 0.15) is 0 Å². The van der Waals surface area contributed by atoms with Crippen molar-refractivity contribution in [1.82, 2.24) is 14.8 Å². The lowest BCUT2D eigenvalue weighted by molar-refractivity contribution is -0.384. The molecule has 2 aliphatic heterocycles. The first-order chi connectivity index (χ1) is 17.4. The van der Waals surface area contributed by atoms with E-state index in [0.717, 1.165) is 48.1 Å². The summed E-state index contributed by atoms with van der Waals surface area (Å²) < 4.78 is 0. The van der Waals surface area contributed by atoms with Crippen LogP contribution in [0.25, 0.3) is 10.9 Å². The summed E-state index contributed by atoms with van der Waals surface area (Å²) >= 11 is 0. The minimum absolute atomic E-state index is 0.0327. The Kier molecular flexibility index (Phi) is 6.63. The van der Waals surface area contributed by atoms with Gasteiger partial charge in [-0.1, -0.05) is 25.1 Å². The van der Waals surface area contributed by atoms with E-state index in [9.17, 15) is 19.7 Å². The predicted octanol–water partition coefficient (Wildman–Crippen LogP) is 3.84. The van der Waals surface area contributed by atoms with Gasteiger partial charge in [0.2, 0.25) is 5.91 Å². The van der Waals surface area contributed by atoms with E-state index in [1.54, 1.807) is 15.9 Å². The molecule has 36 heavy (non-hydrogen) atoms. The van der Waals surface area contributed by atoms with Crippen LogP contribution >= 0.6 is 0 Å². The molecular weight excluding hydrogens is 458 g/mol. The normalized spacial score (nSPS) is 17.0. The number of carbonyl (C=O) groups is 2. The number of non-ortho nitro benzene ring substituents is 1. The smallest absolute Gasteiger partial charge is 0.270 e. The van der Waals surface area contributed by atoms with Gasteiger partial charge in [-0.05, 0) is 36.5 Å². The summed E-state index contributed by atoms with van der Waals surface area (Å²) in [6.07, 6.45) is 4.25. The van der Waals surface area contributed by atoms with Crippen molar-refractivity contribution in [2.45, 2.75) is 26.2 Å². The number of nitro benzene ring substituents is 1. The zero-order valence-electron chi connectivity index (χ0n) is 20.5. The number of para-hydroxylation sites is 1. The van der Waals surface area contributed by atoms with Gasteiger partial charge >= 0.3 is 0 Å². The Morgan fingerprint density at radius 1 is 1.00 bits per heavy atom. The van der Waals surface area contributed by atoms with Crippen molar-refractivity contribution in [2.24, 2.45) is 5.92 Å². The summed E-state index contributed by atoms with van der Waals surface area (Å²) in [5.41, 5.74) is 3.02. The van der Waals surface area contributed by atoms with Crippen molar-refractivity contribution in [2.75, 3.05) is 44.2 Å². The quantitative estimate of drug-likeness (QED) is 0.433. The number of hydrogen-bond donors (Lipinski definition) is 1. The van der Waals surface area contributed by atoms with Gasteiger partial charge in [-0.2, -0.15) is 0 Å². The van der Waals surface area contributed by atoms with Crippen LogP contribution in [0.3, 0.4) is 0 Å². The molecule has 0 saturated carbocycles. The number of benzene rings is 2. The molecule has 1 aromatic heterocycles. The number of H-pyrrole nitrogens is 1. The van der Waals surface area contributed by atoms with Gasteiger partial charge in [0.15, 0.2) is 0 Å². The zero-order chi connectivity index (χ0) is 25.2. The van der Waals surface area contributed by atoms with Crippen molar-refractivity contribution in [3.05, 3.63) is 69.9 Å². The molecule has 9 heteroatoms. The number of piperazine rings is 1. The molecule has 3 heterocycles. The summed E-state index contributed by atoms with van der Waals surface area (Å²) in [5, 5.41) is 12.5. The van der Waals surface area contributed by atoms with Crippen LogP contribution in [-0.4, -0.2) is 70.8 Å². The molecule has 2 fully saturated rings. The maximum atomic E-state index is 13.6. The third-order valence-electron chi connectivity index (χ3n) is 7.48. The average Bonchev–Trinajstić information content (AvgIpc) is 3.31. The van der Waals surface area contributed by atoms with Crippen molar-refractivity contribution in [1.29, 1.82) is 0 Å². The highest BCUT2D eigenvalue weighted by Gasteiger charge is 2.29. The van der Waals surface area contributed by atoms with E-state index in [0.29, 0.717) is 44.1 Å². The molecule has 0 unspecified atom stereocenters. The van der Waals surface area contributed by atoms with Crippen LogP contribution in [0.4, 0.5) is 11.4 Å². The number of amides is 2. The SMILES string of the molecule is CC1CCN(c2ccc([N+](=O)[O-])cc2C(=O)N2CCN(C(=O)Cc3c[nH]c4ccccc34)CC2)CC1. The van der Waals surface area contributed by atoms with Crippen molar-refractivity contribution < 1.29 is 14.5 Å². The monoisotopic (exact) mass is 489 g/mol. The molecule has 0 aliphatic carbocycles. The first-order valence-electron chi connectivity index (χ1n) is 12.6. The van der Waals surface area contributed by atoms with Crippen LogP contribution in [0.5, 0.6) is 0 Å². The van der Waals surface area contributed by atoms with E-state index in [1.807, 2.05) is 30.5 Å². The number of piperidine rings is 1. The van der Waals surface area contributed by atoms with Gasteiger partial charge < -0.3 is 19.7 Å². The second-order valence-corrected chi connectivity index (χ2v) is 9.84. The maximum absolute atomic E-state index is 13.6. The minimum atomic E-state index is -0.458. The lowest BCUT2D eigenvalue weighted by atomic mass is 9.97. The molecule has 2 saturated heterocycles. The Labute approximate surface area is 209 Å². The molecular formula is C27H31N5O4. The molecule has 0 atom stereocenters. The van der Waals surface area contributed by atoms with Crippen LogP contribution in [0, 0.1) is 16.0 Å².